The van der Waals surface area contributed by atoms with Gasteiger partial charge in [0.2, 0.25) is 0 Å². The maximum absolute atomic E-state index is 5.67. The molecule has 0 bridgehead atoms. The molecular weight excluding hydrogens is 331 g/mol. The van der Waals surface area contributed by atoms with Crippen LogP contribution in [0.3, 0.4) is 0 Å². The zero-order chi connectivity index (χ0) is 11.9. The average molecular weight is 346 g/mol. The minimum Gasteiger partial charge on any atom is -0.375 e. The zero-order valence-corrected chi connectivity index (χ0v) is 12.5. The minimum atomic E-state index is -0.0764. The summed E-state index contributed by atoms with van der Waals surface area (Å²) in [6.45, 7) is 5.51. The van der Waals surface area contributed by atoms with Crippen LogP contribution in [0.1, 0.15) is 19.4 Å². The molecule has 1 rings (SSSR count). The summed E-state index contributed by atoms with van der Waals surface area (Å²) in [6.07, 6.45) is 0. The molecular formula is C13H15IOS. The van der Waals surface area contributed by atoms with Gasteiger partial charge in [-0.3, -0.25) is 0 Å². The average Bonchev–Trinajstić information content (AvgIpc) is 2.28. The Morgan fingerprint density at radius 2 is 2.00 bits per heavy atom. The minimum absolute atomic E-state index is 0.0764. The first-order chi connectivity index (χ1) is 7.64. The first-order valence-corrected chi connectivity index (χ1v) is 8.41. The van der Waals surface area contributed by atoms with Crippen molar-refractivity contribution in [1.29, 1.82) is 0 Å². The van der Waals surface area contributed by atoms with Crippen LogP contribution in [0.25, 0.3) is 0 Å². The van der Waals surface area contributed by atoms with Crippen molar-refractivity contribution < 1.29 is 4.74 Å². The van der Waals surface area contributed by atoms with Gasteiger partial charge in [0.1, 0.15) is 0 Å². The second-order valence-electron chi connectivity index (χ2n) is 4.17. The highest BCUT2D eigenvalue weighted by Crippen LogP contribution is 2.17. The molecule has 0 radical (unpaired) electrons. The number of ether oxygens (including phenoxy) is 1. The molecule has 86 valence electrons. The van der Waals surface area contributed by atoms with E-state index < -0.39 is 0 Å². The third-order valence-electron chi connectivity index (χ3n) is 2.00. The Labute approximate surface area is 114 Å². The van der Waals surface area contributed by atoms with Gasteiger partial charge in [-0.25, -0.2) is 0 Å². The summed E-state index contributed by atoms with van der Waals surface area (Å²) in [7, 11) is 1.51. The van der Waals surface area contributed by atoms with Crippen molar-refractivity contribution in [3.63, 3.8) is 0 Å². The van der Waals surface area contributed by atoms with Crippen molar-refractivity contribution in [1.82, 2.24) is 0 Å². The first-order valence-electron chi connectivity index (χ1n) is 5.05. The van der Waals surface area contributed by atoms with Crippen molar-refractivity contribution >= 4 is 30.1 Å². The third-order valence-corrected chi connectivity index (χ3v) is 2.84. The number of benzene rings is 1. The lowest BCUT2D eigenvalue weighted by atomic mass is 9.97. The summed E-state index contributed by atoms with van der Waals surface area (Å²) >= 11 is 2.18. The second-order valence-corrected chi connectivity index (χ2v) is 5.85. The van der Waals surface area contributed by atoms with Gasteiger partial charge in [-0.15, -0.1) is 0 Å². The Balaban J connectivity index is 2.35. The highest BCUT2D eigenvalue weighted by molar-refractivity contribution is 14.2. The van der Waals surface area contributed by atoms with Gasteiger partial charge in [-0.1, -0.05) is 36.3 Å². The largest absolute Gasteiger partial charge is 0.375 e. The van der Waals surface area contributed by atoms with Crippen LogP contribution in [0, 0.1) is 16.6 Å². The molecule has 0 unspecified atom stereocenters. The summed E-state index contributed by atoms with van der Waals surface area (Å²) in [5, 5.41) is 3.01. The molecule has 0 amide bonds. The first kappa shape index (κ1) is 13.9. The fourth-order valence-electron chi connectivity index (χ4n) is 1.19. The smallest absolute Gasteiger partial charge is 0.0717 e. The van der Waals surface area contributed by atoms with Crippen LogP contribution in [-0.2, 0) is 11.3 Å². The van der Waals surface area contributed by atoms with Gasteiger partial charge < -0.3 is 4.74 Å². The SMILES string of the molecule is CC(C)(C#CSI)COCc1ccccc1. The van der Waals surface area contributed by atoms with Crippen LogP contribution in [-0.4, -0.2) is 6.61 Å². The third kappa shape index (κ3) is 5.78. The van der Waals surface area contributed by atoms with Crippen LogP contribution >= 0.6 is 30.1 Å². The zero-order valence-electron chi connectivity index (χ0n) is 9.50. The summed E-state index contributed by atoms with van der Waals surface area (Å²) in [4.78, 5) is 0. The predicted molar refractivity (Wildman–Crippen MR) is 79.3 cm³/mol. The number of halogens is 1. The number of hydrogen-bond acceptors (Lipinski definition) is 2. The summed E-state index contributed by atoms with van der Waals surface area (Å²) in [5.41, 5.74) is 1.13. The van der Waals surface area contributed by atoms with Crippen molar-refractivity contribution in [3.8, 4) is 11.2 Å². The molecule has 0 saturated heterocycles. The van der Waals surface area contributed by atoms with E-state index in [-0.39, 0.29) is 5.41 Å². The number of rotatable bonds is 4. The topological polar surface area (TPSA) is 9.23 Å². The Bertz CT molecular complexity index is 365. The van der Waals surface area contributed by atoms with E-state index >= 15 is 0 Å². The lowest BCUT2D eigenvalue weighted by Gasteiger charge is -2.17. The molecule has 0 heterocycles. The second kappa shape index (κ2) is 7.21. The van der Waals surface area contributed by atoms with E-state index in [0.717, 1.165) is 0 Å². The van der Waals surface area contributed by atoms with Crippen molar-refractivity contribution in [2.45, 2.75) is 20.5 Å². The fourth-order valence-corrected chi connectivity index (χ4v) is 1.84. The monoisotopic (exact) mass is 346 g/mol. The Kier molecular flexibility index (Phi) is 6.25. The molecule has 1 nitrogen and oxygen atoms in total. The van der Waals surface area contributed by atoms with Gasteiger partial charge in [0.15, 0.2) is 0 Å². The van der Waals surface area contributed by atoms with E-state index in [9.17, 15) is 0 Å². The van der Waals surface area contributed by atoms with E-state index in [1.807, 2.05) is 18.2 Å². The van der Waals surface area contributed by atoms with Gasteiger partial charge in [0.05, 0.1) is 18.6 Å². The molecule has 0 saturated carbocycles. The highest BCUT2D eigenvalue weighted by Gasteiger charge is 2.14. The van der Waals surface area contributed by atoms with Crippen LogP contribution in [0.4, 0.5) is 0 Å². The molecule has 0 atom stereocenters. The van der Waals surface area contributed by atoms with Gasteiger partial charge in [-0.2, -0.15) is 0 Å². The quantitative estimate of drug-likeness (QED) is 0.595. The standard InChI is InChI=1S/C13H15IOS/c1-13(2,8-9-16-14)11-15-10-12-6-4-3-5-7-12/h3-7H,10-11H2,1-2H3. The highest BCUT2D eigenvalue weighted by atomic mass is 127. The van der Waals surface area contributed by atoms with E-state index in [1.54, 1.807) is 0 Å². The Hall–Kier alpha value is -0.180. The maximum atomic E-state index is 5.67. The van der Waals surface area contributed by atoms with E-state index in [4.69, 9.17) is 4.74 Å². The summed E-state index contributed by atoms with van der Waals surface area (Å²) in [6, 6.07) is 10.2. The lowest BCUT2D eigenvalue weighted by Crippen LogP contribution is -2.16. The molecule has 0 spiro atoms. The molecule has 3 heteroatoms. The molecule has 16 heavy (non-hydrogen) atoms. The van der Waals surface area contributed by atoms with Gasteiger partial charge in [-0.05, 0) is 33.6 Å². The molecule has 0 aliphatic rings. The lowest BCUT2D eigenvalue weighted by molar-refractivity contribution is 0.0753. The Morgan fingerprint density at radius 1 is 1.31 bits per heavy atom. The van der Waals surface area contributed by atoms with E-state index in [1.165, 1.54) is 14.5 Å². The van der Waals surface area contributed by atoms with Crippen molar-refractivity contribution in [2.75, 3.05) is 6.61 Å². The molecule has 0 aromatic heterocycles. The Morgan fingerprint density at radius 3 is 2.62 bits per heavy atom. The molecule has 1 aromatic carbocycles. The van der Waals surface area contributed by atoms with Crippen molar-refractivity contribution in [2.24, 2.45) is 5.41 Å². The fraction of sp³-hybridized carbons (Fsp3) is 0.385. The number of hydrogen-bond donors (Lipinski definition) is 0. The van der Waals surface area contributed by atoms with Crippen LogP contribution in [0.2, 0.25) is 0 Å². The molecule has 0 N–H and O–H groups in total. The van der Waals surface area contributed by atoms with Crippen LogP contribution < -0.4 is 0 Å². The van der Waals surface area contributed by atoms with E-state index in [0.29, 0.717) is 13.2 Å². The molecule has 0 aliphatic heterocycles. The van der Waals surface area contributed by atoms with Gasteiger partial charge >= 0.3 is 0 Å². The normalized spacial score (nSPS) is 10.7. The maximum Gasteiger partial charge on any atom is 0.0717 e. The molecule has 1 aromatic rings. The summed E-state index contributed by atoms with van der Waals surface area (Å²) in [5.74, 6) is 3.18. The predicted octanol–water partition coefficient (Wildman–Crippen LogP) is 4.27. The van der Waals surface area contributed by atoms with Crippen molar-refractivity contribution in [3.05, 3.63) is 35.9 Å². The van der Waals surface area contributed by atoms with Gasteiger partial charge in [0.25, 0.3) is 0 Å². The molecule has 0 aliphatic carbocycles. The van der Waals surface area contributed by atoms with E-state index in [2.05, 4.69) is 58.4 Å². The van der Waals surface area contributed by atoms with Crippen LogP contribution in [0.5, 0.6) is 0 Å². The van der Waals surface area contributed by atoms with Gasteiger partial charge in [0, 0.05) is 21.2 Å². The summed E-state index contributed by atoms with van der Waals surface area (Å²) < 4.78 is 5.67. The van der Waals surface area contributed by atoms with Crippen LogP contribution in [0.15, 0.2) is 30.3 Å². The molecule has 0 fully saturated rings.